The van der Waals surface area contributed by atoms with Gasteiger partial charge in [0.1, 0.15) is 13.2 Å². The summed E-state index contributed by atoms with van der Waals surface area (Å²) in [7, 11) is 0. The standard InChI is InChI=1S/C21H23N3O4/c1-15(23-24-20(25)10-7-16-5-3-2-4-6-16)13-21(26)22-17-8-9-18-19(14-17)28-12-11-27-18/h2-6,8-9,14H,7,10-13H2,1H3,(H,22,26)(H,24,25). The fourth-order valence-corrected chi connectivity index (χ4v) is 2.71. The van der Waals surface area contributed by atoms with Crippen LogP contribution in [0.15, 0.2) is 53.6 Å². The smallest absolute Gasteiger partial charge is 0.240 e. The molecule has 0 fully saturated rings. The molecule has 2 amide bonds. The van der Waals surface area contributed by atoms with E-state index >= 15 is 0 Å². The first kappa shape index (κ1) is 19.4. The Morgan fingerprint density at radius 2 is 1.75 bits per heavy atom. The Hall–Kier alpha value is -3.35. The van der Waals surface area contributed by atoms with Crippen molar-refractivity contribution in [3.63, 3.8) is 0 Å². The van der Waals surface area contributed by atoms with Crippen LogP contribution in [-0.4, -0.2) is 30.7 Å². The number of nitrogens with one attached hydrogen (secondary N) is 2. The van der Waals surface area contributed by atoms with Gasteiger partial charge in [0.2, 0.25) is 11.8 Å². The number of carbonyl (C=O) groups is 2. The average molecular weight is 381 g/mol. The van der Waals surface area contributed by atoms with Crippen LogP contribution in [0.1, 0.15) is 25.3 Å². The molecule has 0 spiro atoms. The fourth-order valence-electron chi connectivity index (χ4n) is 2.71. The number of rotatable bonds is 7. The van der Waals surface area contributed by atoms with Crippen LogP contribution in [0.3, 0.4) is 0 Å². The number of aryl methyl sites for hydroxylation is 1. The minimum absolute atomic E-state index is 0.0768. The summed E-state index contributed by atoms with van der Waals surface area (Å²) in [5.74, 6) is 0.868. The van der Waals surface area contributed by atoms with Crippen LogP contribution in [-0.2, 0) is 16.0 Å². The maximum absolute atomic E-state index is 12.2. The lowest BCUT2D eigenvalue weighted by Gasteiger charge is -2.19. The first-order chi connectivity index (χ1) is 13.6. The van der Waals surface area contributed by atoms with Crippen LogP contribution >= 0.6 is 0 Å². The SMILES string of the molecule is CC(CC(=O)Nc1ccc2c(c1)OCCO2)=NNC(=O)CCc1ccccc1. The van der Waals surface area contributed by atoms with E-state index in [1.54, 1.807) is 25.1 Å². The zero-order chi connectivity index (χ0) is 19.8. The van der Waals surface area contributed by atoms with Crippen molar-refractivity contribution < 1.29 is 19.1 Å². The van der Waals surface area contributed by atoms with Crippen molar-refractivity contribution in [1.29, 1.82) is 0 Å². The van der Waals surface area contributed by atoms with Gasteiger partial charge < -0.3 is 14.8 Å². The molecule has 0 saturated carbocycles. The molecule has 146 valence electrons. The number of hydrogen-bond donors (Lipinski definition) is 2. The molecule has 7 nitrogen and oxygen atoms in total. The van der Waals surface area contributed by atoms with E-state index in [4.69, 9.17) is 9.47 Å². The topological polar surface area (TPSA) is 89.0 Å². The number of hydrogen-bond acceptors (Lipinski definition) is 5. The summed E-state index contributed by atoms with van der Waals surface area (Å²) in [6, 6.07) is 15.0. The number of anilines is 1. The molecule has 0 aromatic heterocycles. The van der Waals surface area contributed by atoms with Gasteiger partial charge in [-0.05, 0) is 31.0 Å². The van der Waals surface area contributed by atoms with Gasteiger partial charge in [-0.2, -0.15) is 5.10 Å². The van der Waals surface area contributed by atoms with Crippen molar-refractivity contribution in [2.45, 2.75) is 26.2 Å². The van der Waals surface area contributed by atoms with Gasteiger partial charge in [-0.3, -0.25) is 9.59 Å². The van der Waals surface area contributed by atoms with E-state index < -0.39 is 0 Å². The van der Waals surface area contributed by atoms with Crippen LogP contribution in [0.25, 0.3) is 0 Å². The largest absolute Gasteiger partial charge is 0.486 e. The fraction of sp³-hybridized carbons (Fsp3) is 0.286. The number of amides is 2. The molecule has 0 aliphatic carbocycles. The summed E-state index contributed by atoms with van der Waals surface area (Å²) in [6.07, 6.45) is 1.06. The van der Waals surface area contributed by atoms with Gasteiger partial charge in [0.25, 0.3) is 0 Å². The third-order valence-electron chi connectivity index (χ3n) is 4.10. The summed E-state index contributed by atoms with van der Waals surface area (Å²) in [4.78, 5) is 24.1. The normalized spacial score (nSPS) is 13.0. The Kier molecular flexibility index (Phi) is 6.62. The van der Waals surface area contributed by atoms with Crippen LogP contribution in [0.4, 0.5) is 5.69 Å². The number of carbonyl (C=O) groups excluding carboxylic acids is 2. The maximum atomic E-state index is 12.2. The Morgan fingerprint density at radius 1 is 1.00 bits per heavy atom. The van der Waals surface area contributed by atoms with E-state index in [0.717, 1.165) is 5.56 Å². The predicted molar refractivity (Wildman–Crippen MR) is 107 cm³/mol. The third-order valence-corrected chi connectivity index (χ3v) is 4.10. The van der Waals surface area contributed by atoms with Gasteiger partial charge in [-0.15, -0.1) is 0 Å². The van der Waals surface area contributed by atoms with E-state index in [2.05, 4.69) is 15.8 Å². The lowest BCUT2D eigenvalue weighted by atomic mass is 10.1. The summed E-state index contributed by atoms with van der Waals surface area (Å²) < 4.78 is 11.0. The lowest BCUT2D eigenvalue weighted by molar-refractivity contribution is -0.121. The molecule has 1 aliphatic rings. The molecule has 0 bridgehead atoms. The molecule has 0 radical (unpaired) electrons. The lowest BCUT2D eigenvalue weighted by Crippen LogP contribution is -2.21. The molecule has 0 saturated heterocycles. The van der Waals surface area contributed by atoms with E-state index in [0.29, 0.717) is 49.0 Å². The predicted octanol–water partition coefficient (Wildman–Crippen LogP) is 2.91. The van der Waals surface area contributed by atoms with Gasteiger partial charge in [0.15, 0.2) is 11.5 Å². The number of hydrazone groups is 1. The van der Waals surface area contributed by atoms with Crippen LogP contribution in [0, 0.1) is 0 Å². The number of fused-ring (bicyclic) bond motifs is 1. The third kappa shape index (κ3) is 5.84. The highest BCUT2D eigenvalue weighted by molar-refractivity contribution is 6.05. The second-order valence-electron chi connectivity index (χ2n) is 6.45. The Labute approximate surface area is 163 Å². The molecule has 0 atom stereocenters. The van der Waals surface area contributed by atoms with Crippen molar-refractivity contribution in [2.24, 2.45) is 5.10 Å². The minimum atomic E-state index is -0.225. The summed E-state index contributed by atoms with van der Waals surface area (Å²) >= 11 is 0. The Bertz CT molecular complexity index is 865. The van der Waals surface area contributed by atoms with Crippen molar-refractivity contribution in [1.82, 2.24) is 5.43 Å². The highest BCUT2D eigenvalue weighted by Crippen LogP contribution is 2.32. The zero-order valence-corrected chi connectivity index (χ0v) is 15.7. The van der Waals surface area contributed by atoms with Gasteiger partial charge in [0.05, 0.1) is 6.42 Å². The average Bonchev–Trinajstić information content (AvgIpc) is 2.71. The summed E-state index contributed by atoms with van der Waals surface area (Å²) in [5.41, 5.74) is 4.73. The minimum Gasteiger partial charge on any atom is -0.486 e. The van der Waals surface area contributed by atoms with Crippen molar-refractivity contribution >= 4 is 23.2 Å². The van der Waals surface area contributed by atoms with Crippen LogP contribution in [0.2, 0.25) is 0 Å². The van der Waals surface area contributed by atoms with E-state index in [9.17, 15) is 9.59 Å². The second-order valence-corrected chi connectivity index (χ2v) is 6.45. The quantitative estimate of drug-likeness (QED) is 0.570. The summed E-state index contributed by atoms with van der Waals surface area (Å²) in [6.45, 7) is 2.70. The van der Waals surface area contributed by atoms with Crippen LogP contribution in [0.5, 0.6) is 11.5 Å². The summed E-state index contributed by atoms with van der Waals surface area (Å²) in [5, 5.41) is 6.79. The monoisotopic (exact) mass is 381 g/mol. The van der Waals surface area contributed by atoms with E-state index in [1.165, 1.54) is 0 Å². The zero-order valence-electron chi connectivity index (χ0n) is 15.7. The molecule has 0 unspecified atom stereocenters. The first-order valence-electron chi connectivity index (χ1n) is 9.15. The molecule has 2 aromatic carbocycles. The molecule has 7 heteroatoms. The number of nitrogens with zero attached hydrogens (tertiary/aromatic N) is 1. The van der Waals surface area contributed by atoms with Gasteiger partial charge in [-0.25, -0.2) is 5.43 Å². The highest BCUT2D eigenvalue weighted by atomic mass is 16.6. The first-order valence-corrected chi connectivity index (χ1v) is 9.15. The molecule has 2 N–H and O–H groups in total. The number of ether oxygens (including phenoxy) is 2. The molecular weight excluding hydrogens is 358 g/mol. The van der Waals surface area contributed by atoms with Crippen molar-refractivity contribution in [3.05, 3.63) is 54.1 Å². The molecule has 2 aromatic rings. The molecular formula is C21H23N3O4. The molecule has 1 aliphatic heterocycles. The van der Waals surface area contributed by atoms with Crippen molar-refractivity contribution in [3.8, 4) is 11.5 Å². The van der Waals surface area contributed by atoms with Gasteiger partial charge in [0, 0.05) is 23.9 Å². The highest BCUT2D eigenvalue weighted by Gasteiger charge is 2.13. The van der Waals surface area contributed by atoms with E-state index in [1.807, 2.05) is 30.3 Å². The second kappa shape index (κ2) is 9.55. The molecule has 28 heavy (non-hydrogen) atoms. The molecule has 1 heterocycles. The number of benzene rings is 2. The molecule has 3 rings (SSSR count). The van der Waals surface area contributed by atoms with Crippen LogP contribution < -0.4 is 20.2 Å². The van der Waals surface area contributed by atoms with Crippen molar-refractivity contribution in [2.75, 3.05) is 18.5 Å². The Balaban J connectivity index is 1.43. The van der Waals surface area contributed by atoms with Gasteiger partial charge in [-0.1, -0.05) is 30.3 Å². The maximum Gasteiger partial charge on any atom is 0.240 e. The van der Waals surface area contributed by atoms with Gasteiger partial charge >= 0.3 is 0 Å². The van der Waals surface area contributed by atoms with E-state index in [-0.39, 0.29) is 18.2 Å². The Morgan fingerprint density at radius 3 is 2.54 bits per heavy atom.